The summed E-state index contributed by atoms with van der Waals surface area (Å²) >= 11 is 1.62. The van der Waals surface area contributed by atoms with Crippen molar-refractivity contribution in [2.24, 2.45) is 0 Å². The average Bonchev–Trinajstić information content (AvgIpc) is 3.25. The summed E-state index contributed by atoms with van der Waals surface area (Å²) in [5, 5.41) is 3.06. The molecule has 2 aromatic rings. The highest BCUT2D eigenvalue weighted by atomic mass is 32.1. The van der Waals surface area contributed by atoms with Crippen LogP contribution in [0.15, 0.2) is 29.6 Å². The van der Waals surface area contributed by atoms with E-state index in [4.69, 9.17) is 4.74 Å². The van der Waals surface area contributed by atoms with Crippen molar-refractivity contribution in [3.8, 4) is 5.75 Å². The van der Waals surface area contributed by atoms with E-state index in [0.717, 1.165) is 34.9 Å². The number of carbonyl (C=O) groups excluding carboxylic acids is 1. The van der Waals surface area contributed by atoms with Crippen LogP contribution in [0.5, 0.6) is 5.75 Å². The average molecular weight is 316 g/mol. The minimum Gasteiger partial charge on any atom is -0.484 e. The van der Waals surface area contributed by atoms with E-state index in [2.05, 4.69) is 4.98 Å². The topological polar surface area (TPSA) is 42.4 Å². The van der Waals surface area contributed by atoms with Gasteiger partial charge in [-0.3, -0.25) is 4.79 Å². The van der Waals surface area contributed by atoms with Crippen LogP contribution in [0, 0.1) is 13.8 Å². The number of nitrogens with zero attached hydrogens (tertiary/aromatic N) is 2. The van der Waals surface area contributed by atoms with E-state index in [1.807, 2.05) is 48.4 Å². The molecule has 0 spiro atoms. The van der Waals surface area contributed by atoms with Gasteiger partial charge in [-0.2, -0.15) is 0 Å². The molecule has 0 atom stereocenters. The molecule has 1 saturated carbocycles. The molecule has 0 saturated heterocycles. The highest BCUT2D eigenvalue weighted by Crippen LogP contribution is 2.28. The Morgan fingerprint density at radius 3 is 2.86 bits per heavy atom. The first-order valence-corrected chi connectivity index (χ1v) is 8.40. The fourth-order valence-electron chi connectivity index (χ4n) is 2.40. The van der Waals surface area contributed by atoms with Crippen molar-refractivity contribution in [3.63, 3.8) is 0 Å². The maximum absolute atomic E-state index is 12.5. The van der Waals surface area contributed by atoms with Gasteiger partial charge in [0.05, 0.1) is 17.2 Å². The molecule has 116 valence electrons. The highest BCUT2D eigenvalue weighted by Gasteiger charge is 2.33. The maximum Gasteiger partial charge on any atom is 0.261 e. The molecule has 1 aliphatic rings. The molecular formula is C17H20N2O2S. The molecule has 1 aromatic carbocycles. The van der Waals surface area contributed by atoms with Crippen LogP contribution in [0.2, 0.25) is 0 Å². The van der Waals surface area contributed by atoms with Crippen LogP contribution in [-0.2, 0) is 11.3 Å². The molecule has 0 unspecified atom stereocenters. The lowest BCUT2D eigenvalue weighted by Gasteiger charge is -2.21. The van der Waals surface area contributed by atoms with E-state index in [-0.39, 0.29) is 12.5 Å². The Hall–Kier alpha value is -1.88. The first kappa shape index (κ1) is 15.0. The number of hydrogen-bond acceptors (Lipinski definition) is 4. The largest absolute Gasteiger partial charge is 0.484 e. The van der Waals surface area contributed by atoms with Crippen molar-refractivity contribution >= 4 is 17.2 Å². The van der Waals surface area contributed by atoms with Gasteiger partial charge in [0, 0.05) is 11.4 Å². The second-order valence-corrected chi connectivity index (χ2v) is 6.78. The molecule has 0 N–H and O–H groups in total. The number of aryl methyl sites for hydroxylation is 2. The van der Waals surface area contributed by atoms with Crippen LogP contribution in [0.3, 0.4) is 0 Å². The summed E-state index contributed by atoms with van der Waals surface area (Å²) in [5.41, 5.74) is 2.10. The van der Waals surface area contributed by atoms with Gasteiger partial charge < -0.3 is 9.64 Å². The van der Waals surface area contributed by atoms with E-state index in [1.54, 1.807) is 11.3 Å². The lowest BCUT2D eigenvalue weighted by Crippen LogP contribution is -2.36. The van der Waals surface area contributed by atoms with Crippen molar-refractivity contribution in [3.05, 3.63) is 45.9 Å². The van der Waals surface area contributed by atoms with Crippen LogP contribution in [0.1, 0.15) is 29.1 Å². The third-order valence-corrected chi connectivity index (χ3v) is 4.48. The first-order chi connectivity index (χ1) is 10.6. The van der Waals surface area contributed by atoms with Crippen molar-refractivity contribution in [1.29, 1.82) is 0 Å². The number of carbonyl (C=O) groups is 1. The van der Waals surface area contributed by atoms with E-state index < -0.39 is 0 Å². The molecule has 1 fully saturated rings. The van der Waals surface area contributed by atoms with Crippen molar-refractivity contribution in [2.75, 3.05) is 6.61 Å². The van der Waals surface area contributed by atoms with Gasteiger partial charge >= 0.3 is 0 Å². The predicted octanol–water partition coefficient (Wildman–Crippen LogP) is 3.33. The summed E-state index contributed by atoms with van der Waals surface area (Å²) in [5.74, 6) is 0.781. The van der Waals surface area contributed by atoms with Gasteiger partial charge in [0.15, 0.2) is 6.61 Å². The summed E-state index contributed by atoms with van der Waals surface area (Å²) in [7, 11) is 0. The van der Waals surface area contributed by atoms with Crippen LogP contribution < -0.4 is 4.74 Å². The molecule has 1 amide bonds. The molecule has 1 aliphatic carbocycles. The molecule has 3 rings (SSSR count). The van der Waals surface area contributed by atoms with Gasteiger partial charge in [-0.1, -0.05) is 12.1 Å². The van der Waals surface area contributed by atoms with E-state index >= 15 is 0 Å². The number of ether oxygens (including phenoxy) is 1. The summed E-state index contributed by atoms with van der Waals surface area (Å²) in [6.45, 7) is 4.67. The third-order valence-electron chi connectivity index (χ3n) is 3.66. The molecular weight excluding hydrogens is 296 g/mol. The number of rotatable bonds is 6. The highest BCUT2D eigenvalue weighted by molar-refractivity contribution is 7.09. The smallest absolute Gasteiger partial charge is 0.261 e. The summed E-state index contributed by atoms with van der Waals surface area (Å²) in [6, 6.07) is 8.13. The molecule has 1 heterocycles. The van der Waals surface area contributed by atoms with E-state index in [0.29, 0.717) is 12.6 Å². The maximum atomic E-state index is 12.5. The summed E-state index contributed by atoms with van der Waals surface area (Å²) < 4.78 is 5.64. The van der Waals surface area contributed by atoms with Crippen LogP contribution in [-0.4, -0.2) is 28.4 Å². The standard InChI is InChI=1S/C17H20N2O2S/c1-12-4-3-5-16(8-12)21-10-17(20)19(15-6-7-15)9-14-11-22-13(2)18-14/h3-5,8,11,15H,6-7,9-10H2,1-2H3. The fourth-order valence-corrected chi connectivity index (χ4v) is 3.00. The van der Waals surface area contributed by atoms with Crippen LogP contribution in [0.4, 0.5) is 0 Å². The third kappa shape index (κ3) is 3.85. The number of benzene rings is 1. The van der Waals surface area contributed by atoms with Gasteiger partial charge in [0.1, 0.15) is 5.75 Å². The van der Waals surface area contributed by atoms with Crippen molar-refractivity contribution < 1.29 is 9.53 Å². The zero-order valence-corrected chi connectivity index (χ0v) is 13.7. The fraction of sp³-hybridized carbons (Fsp3) is 0.412. The van der Waals surface area contributed by atoms with Gasteiger partial charge in [0.25, 0.3) is 5.91 Å². The monoisotopic (exact) mass is 316 g/mol. The Morgan fingerprint density at radius 1 is 1.41 bits per heavy atom. The molecule has 5 heteroatoms. The van der Waals surface area contributed by atoms with Crippen molar-refractivity contribution in [1.82, 2.24) is 9.88 Å². The lowest BCUT2D eigenvalue weighted by atomic mass is 10.2. The summed E-state index contributed by atoms with van der Waals surface area (Å²) in [6.07, 6.45) is 2.17. The normalized spacial score (nSPS) is 13.9. The number of hydrogen-bond donors (Lipinski definition) is 0. The Kier molecular flexibility index (Phi) is 4.43. The van der Waals surface area contributed by atoms with Crippen LogP contribution in [0.25, 0.3) is 0 Å². The second-order valence-electron chi connectivity index (χ2n) is 5.72. The van der Waals surface area contributed by atoms with Gasteiger partial charge in [0.2, 0.25) is 0 Å². The van der Waals surface area contributed by atoms with Gasteiger partial charge in [-0.05, 0) is 44.4 Å². The molecule has 1 aromatic heterocycles. The Bertz CT molecular complexity index is 664. The number of amides is 1. The number of aromatic nitrogens is 1. The van der Waals surface area contributed by atoms with E-state index in [1.165, 1.54) is 0 Å². The lowest BCUT2D eigenvalue weighted by molar-refractivity contribution is -0.134. The second kappa shape index (κ2) is 6.48. The zero-order valence-electron chi connectivity index (χ0n) is 12.9. The van der Waals surface area contributed by atoms with Crippen LogP contribution >= 0.6 is 11.3 Å². The molecule has 0 radical (unpaired) electrons. The molecule has 4 nitrogen and oxygen atoms in total. The zero-order chi connectivity index (χ0) is 15.5. The molecule has 0 bridgehead atoms. The first-order valence-electron chi connectivity index (χ1n) is 7.52. The predicted molar refractivity (Wildman–Crippen MR) is 87.1 cm³/mol. The minimum absolute atomic E-state index is 0.0367. The SMILES string of the molecule is Cc1cccc(OCC(=O)N(Cc2csc(C)n2)C2CC2)c1. The molecule has 22 heavy (non-hydrogen) atoms. The Morgan fingerprint density at radius 2 is 2.23 bits per heavy atom. The Balaban J connectivity index is 1.60. The van der Waals surface area contributed by atoms with E-state index in [9.17, 15) is 4.79 Å². The minimum atomic E-state index is 0.0367. The van der Waals surface area contributed by atoms with Gasteiger partial charge in [-0.25, -0.2) is 4.98 Å². The number of thiazole rings is 1. The van der Waals surface area contributed by atoms with Gasteiger partial charge in [-0.15, -0.1) is 11.3 Å². The Labute approximate surface area is 134 Å². The quantitative estimate of drug-likeness (QED) is 0.821. The molecule has 0 aliphatic heterocycles. The summed E-state index contributed by atoms with van der Waals surface area (Å²) in [4.78, 5) is 18.8. The van der Waals surface area contributed by atoms with Crippen molar-refractivity contribution in [2.45, 2.75) is 39.3 Å².